The van der Waals surface area contributed by atoms with E-state index in [1.807, 2.05) is 44.2 Å². The summed E-state index contributed by atoms with van der Waals surface area (Å²) in [7, 11) is -2.58. The van der Waals surface area contributed by atoms with Crippen molar-refractivity contribution in [2.75, 3.05) is 30.8 Å². The number of nitrogens with zero attached hydrogens (tertiary/aromatic N) is 2. The van der Waals surface area contributed by atoms with Gasteiger partial charge in [-0.2, -0.15) is 0 Å². The zero-order chi connectivity index (χ0) is 30.2. The number of carbonyl (C=O) groups is 2. The maximum Gasteiger partial charge on any atom is 0.244 e. The zero-order valence-electron chi connectivity index (χ0n) is 23.5. The molecule has 3 aromatic rings. The Kier molecular flexibility index (Phi) is 11.5. The molecule has 0 aromatic heterocycles. The number of methoxy groups -OCH3 is 1. The standard InChI is InChI=1S/C30H35Cl2N3O5S/c1-21(2)18-33-30(37)27(16-22-9-6-5-7-10-22)34(19-23-11-8-12-24(31)15-23)29(36)20-35(41(4,38)39)26-17-25(32)13-14-28(26)40-3/h5-15,17,21,27H,16,18-20H2,1-4H3,(H,33,37)/t27-/m0/s1. The van der Waals surface area contributed by atoms with Crippen LogP contribution in [0.15, 0.2) is 72.8 Å². The fourth-order valence-electron chi connectivity index (χ4n) is 4.26. The summed E-state index contributed by atoms with van der Waals surface area (Å²) in [5.74, 6) is -0.517. The summed E-state index contributed by atoms with van der Waals surface area (Å²) in [6, 6.07) is 19.9. The normalized spacial score (nSPS) is 12.1. The molecule has 0 aliphatic heterocycles. The van der Waals surface area contributed by atoms with Gasteiger partial charge in [0.25, 0.3) is 0 Å². The Morgan fingerprint density at radius 3 is 2.20 bits per heavy atom. The van der Waals surface area contributed by atoms with E-state index in [-0.39, 0.29) is 41.3 Å². The number of rotatable bonds is 13. The van der Waals surface area contributed by atoms with Gasteiger partial charge in [0.15, 0.2) is 0 Å². The largest absolute Gasteiger partial charge is 0.495 e. The predicted molar refractivity (Wildman–Crippen MR) is 164 cm³/mol. The first kappa shape index (κ1) is 32.2. The number of nitrogens with one attached hydrogen (secondary N) is 1. The van der Waals surface area contributed by atoms with Crippen molar-refractivity contribution >= 4 is 50.7 Å². The van der Waals surface area contributed by atoms with Gasteiger partial charge in [0.05, 0.1) is 19.1 Å². The molecule has 0 unspecified atom stereocenters. The summed E-state index contributed by atoms with van der Waals surface area (Å²) in [4.78, 5) is 29.2. The van der Waals surface area contributed by atoms with E-state index in [2.05, 4.69) is 5.32 Å². The third-order valence-corrected chi connectivity index (χ3v) is 7.88. The molecule has 0 spiro atoms. The predicted octanol–water partition coefficient (Wildman–Crippen LogP) is 5.18. The molecule has 41 heavy (non-hydrogen) atoms. The molecule has 220 valence electrons. The first-order valence-electron chi connectivity index (χ1n) is 13.1. The van der Waals surface area contributed by atoms with E-state index in [9.17, 15) is 18.0 Å². The van der Waals surface area contributed by atoms with Crippen molar-refractivity contribution in [2.24, 2.45) is 5.92 Å². The Morgan fingerprint density at radius 2 is 1.59 bits per heavy atom. The van der Waals surface area contributed by atoms with Crippen molar-refractivity contribution in [1.82, 2.24) is 10.2 Å². The number of hydrogen-bond donors (Lipinski definition) is 1. The highest BCUT2D eigenvalue weighted by molar-refractivity contribution is 7.92. The fourth-order valence-corrected chi connectivity index (χ4v) is 5.49. The van der Waals surface area contributed by atoms with Crippen LogP contribution in [0.3, 0.4) is 0 Å². The minimum Gasteiger partial charge on any atom is -0.495 e. The highest BCUT2D eigenvalue weighted by atomic mass is 35.5. The van der Waals surface area contributed by atoms with Crippen LogP contribution in [0.4, 0.5) is 5.69 Å². The average molecular weight is 621 g/mol. The lowest BCUT2D eigenvalue weighted by atomic mass is 10.0. The quantitative estimate of drug-likeness (QED) is 0.284. The summed E-state index contributed by atoms with van der Waals surface area (Å²) in [6.07, 6.45) is 1.22. The van der Waals surface area contributed by atoms with Crippen molar-refractivity contribution in [3.8, 4) is 5.75 Å². The summed E-state index contributed by atoms with van der Waals surface area (Å²) >= 11 is 12.4. The topological polar surface area (TPSA) is 96.0 Å². The Balaban J connectivity index is 2.09. The molecule has 0 bridgehead atoms. The summed E-state index contributed by atoms with van der Waals surface area (Å²) < 4.78 is 32.3. The third kappa shape index (κ3) is 9.38. The number of ether oxygens (including phenoxy) is 1. The number of hydrogen-bond acceptors (Lipinski definition) is 5. The van der Waals surface area contributed by atoms with Gasteiger partial charge in [0.1, 0.15) is 18.3 Å². The van der Waals surface area contributed by atoms with Gasteiger partial charge in [-0.3, -0.25) is 13.9 Å². The average Bonchev–Trinajstić information content (AvgIpc) is 2.92. The van der Waals surface area contributed by atoms with Crippen LogP contribution < -0.4 is 14.4 Å². The maximum absolute atomic E-state index is 14.2. The molecular formula is C30H35Cl2N3O5S. The minimum atomic E-state index is -3.98. The van der Waals surface area contributed by atoms with Gasteiger partial charge < -0.3 is 15.0 Å². The third-order valence-electron chi connectivity index (χ3n) is 6.29. The zero-order valence-corrected chi connectivity index (χ0v) is 25.8. The second-order valence-corrected chi connectivity index (χ2v) is 12.9. The fraction of sp³-hybridized carbons (Fsp3) is 0.333. The monoisotopic (exact) mass is 619 g/mol. The Labute approximate surface area is 252 Å². The summed E-state index contributed by atoms with van der Waals surface area (Å²) in [5.41, 5.74) is 1.65. The van der Waals surface area contributed by atoms with Gasteiger partial charge in [-0.15, -0.1) is 0 Å². The van der Waals surface area contributed by atoms with Crippen molar-refractivity contribution in [2.45, 2.75) is 32.9 Å². The van der Waals surface area contributed by atoms with Crippen molar-refractivity contribution in [3.63, 3.8) is 0 Å². The Hall–Kier alpha value is -3.27. The van der Waals surface area contributed by atoms with E-state index in [1.54, 1.807) is 30.3 Å². The second kappa shape index (κ2) is 14.6. The summed E-state index contributed by atoms with van der Waals surface area (Å²) in [5, 5.41) is 3.69. The molecule has 0 saturated carbocycles. The number of sulfonamides is 1. The lowest BCUT2D eigenvalue weighted by molar-refractivity contribution is -0.140. The molecule has 0 saturated heterocycles. The van der Waals surface area contributed by atoms with Crippen molar-refractivity contribution in [1.29, 1.82) is 0 Å². The Bertz CT molecular complexity index is 1450. The van der Waals surface area contributed by atoms with Gasteiger partial charge in [-0.25, -0.2) is 8.42 Å². The van der Waals surface area contributed by atoms with Crippen LogP contribution in [0.2, 0.25) is 10.0 Å². The molecule has 3 aromatic carbocycles. The lowest BCUT2D eigenvalue weighted by Crippen LogP contribution is -2.53. The van der Waals surface area contributed by atoms with Crippen LogP contribution in [-0.4, -0.2) is 57.6 Å². The molecule has 8 nitrogen and oxygen atoms in total. The van der Waals surface area contributed by atoms with Crippen molar-refractivity contribution < 1.29 is 22.7 Å². The number of amides is 2. The molecule has 0 aliphatic carbocycles. The number of benzene rings is 3. The molecule has 0 radical (unpaired) electrons. The number of anilines is 1. The van der Waals surface area contributed by atoms with E-state index < -0.39 is 28.5 Å². The first-order chi connectivity index (χ1) is 19.4. The minimum absolute atomic E-state index is 0.0241. The number of halogens is 2. The van der Waals surface area contributed by atoms with E-state index in [0.29, 0.717) is 17.1 Å². The van der Waals surface area contributed by atoms with Crippen LogP contribution >= 0.6 is 23.2 Å². The number of carbonyl (C=O) groups excluding carboxylic acids is 2. The Morgan fingerprint density at radius 1 is 0.927 bits per heavy atom. The highest BCUT2D eigenvalue weighted by Gasteiger charge is 2.34. The molecule has 11 heteroatoms. The molecule has 3 rings (SSSR count). The molecule has 0 fully saturated rings. The van der Waals surface area contributed by atoms with E-state index in [0.717, 1.165) is 16.1 Å². The van der Waals surface area contributed by atoms with Gasteiger partial charge in [-0.1, -0.05) is 79.5 Å². The van der Waals surface area contributed by atoms with Gasteiger partial charge in [0, 0.05) is 29.6 Å². The van der Waals surface area contributed by atoms with Crippen LogP contribution in [0, 0.1) is 5.92 Å². The molecule has 0 heterocycles. The molecule has 1 atom stereocenters. The van der Waals surface area contributed by atoms with Crippen LogP contribution in [0.25, 0.3) is 0 Å². The van der Waals surface area contributed by atoms with E-state index in [4.69, 9.17) is 27.9 Å². The highest BCUT2D eigenvalue weighted by Crippen LogP contribution is 2.33. The second-order valence-electron chi connectivity index (χ2n) is 10.1. The molecular weight excluding hydrogens is 585 g/mol. The van der Waals surface area contributed by atoms with E-state index >= 15 is 0 Å². The van der Waals surface area contributed by atoms with Crippen LogP contribution in [0.1, 0.15) is 25.0 Å². The van der Waals surface area contributed by atoms with Crippen molar-refractivity contribution in [3.05, 3.63) is 94.0 Å². The van der Waals surface area contributed by atoms with Crippen LogP contribution in [-0.2, 0) is 32.6 Å². The van der Waals surface area contributed by atoms with Gasteiger partial charge in [-0.05, 0) is 47.4 Å². The van der Waals surface area contributed by atoms with E-state index in [1.165, 1.54) is 24.1 Å². The molecule has 1 N–H and O–H groups in total. The molecule has 0 aliphatic rings. The first-order valence-corrected chi connectivity index (χ1v) is 15.7. The lowest BCUT2D eigenvalue weighted by Gasteiger charge is -2.34. The molecule has 2 amide bonds. The van der Waals surface area contributed by atoms with Gasteiger partial charge >= 0.3 is 0 Å². The van der Waals surface area contributed by atoms with Gasteiger partial charge in [0.2, 0.25) is 21.8 Å². The van der Waals surface area contributed by atoms with Crippen LogP contribution in [0.5, 0.6) is 5.75 Å². The SMILES string of the molecule is COc1ccc(Cl)cc1N(CC(=O)N(Cc1cccc(Cl)c1)[C@@H](Cc1ccccc1)C(=O)NCC(C)C)S(C)(=O)=O. The smallest absolute Gasteiger partial charge is 0.244 e. The maximum atomic E-state index is 14.2. The summed E-state index contributed by atoms with van der Waals surface area (Å²) in [6.45, 7) is 3.81.